The lowest BCUT2D eigenvalue weighted by molar-refractivity contribution is 0.253. The highest BCUT2D eigenvalue weighted by atomic mass is 14.6. The Balaban J connectivity index is 1.63. The number of rotatable bonds is 1. The molecule has 4 aliphatic rings. The van der Waals surface area contributed by atoms with E-state index in [1.807, 2.05) is 0 Å². The molecule has 0 heterocycles. The lowest BCUT2D eigenvalue weighted by Crippen LogP contribution is -2.28. The Labute approximate surface area is 87.5 Å². The minimum absolute atomic E-state index is 0.810. The lowest BCUT2D eigenvalue weighted by atomic mass is 9.66. The molecule has 2 atom stereocenters. The summed E-state index contributed by atoms with van der Waals surface area (Å²) in [6.45, 7) is 0. The van der Waals surface area contributed by atoms with Crippen molar-refractivity contribution < 1.29 is 0 Å². The molecule has 0 aromatic heterocycles. The highest BCUT2D eigenvalue weighted by molar-refractivity contribution is 5.21. The lowest BCUT2D eigenvalue weighted by Gasteiger charge is -2.38. The topological polar surface area (TPSA) is 0 Å². The summed E-state index contributed by atoms with van der Waals surface area (Å²) in [5.74, 6) is 5.44. The van der Waals surface area contributed by atoms with Crippen LogP contribution in [0.5, 0.6) is 0 Å². The first kappa shape index (κ1) is 8.19. The van der Waals surface area contributed by atoms with Gasteiger partial charge in [0.25, 0.3) is 0 Å². The van der Waals surface area contributed by atoms with E-state index in [0.717, 1.165) is 23.2 Å². The highest BCUT2D eigenvalue weighted by Crippen LogP contribution is 2.66. The summed E-state index contributed by atoms with van der Waals surface area (Å²) in [4.78, 5) is 0. The fourth-order valence-corrected chi connectivity index (χ4v) is 5.35. The van der Waals surface area contributed by atoms with Gasteiger partial charge < -0.3 is 0 Å². The number of fused-ring (bicyclic) bond motifs is 4. The van der Waals surface area contributed by atoms with Gasteiger partial charge in [0.2, 0.25) is 0 Å². The van der Waals surface area contributed by atoms with Gasteiger partial charge in [-0.2, -0.15) is 0 Å². The smallest absolute Gasteiger partial charge is 0.0145 e. The van der Waals surface area contributed by atoms with Gasteiger partial charge in [0, 0.05) is 0 Å². The summed E-state index contributed by atoms with van der Waals surface area (Å²) in [5.41, 5.74) is 0.810. The van der Waals surface area contributed by atoms with Gasteiger partial charge in [-0.1, -0.05) is 6.42 Å². The molecule has 4 fully saturated rings. The Morgan fingerprint density at radius 3 is 2.29 bits per heavy atom. The van der Waals surface area contributed by atoms with Crippen LogP contribution in [0.4, 0.5) is 0 Å². The maximum atomic E-state index is 2.08. The third-order valence-electron chi connectivity index (χ3n) is 5.97. The maximum absolute atomic E-state index is 2.08. The molecule has 2 unspecified atom stereocenters. The molecule has 77 valence electrons. The summed E-state index contributed by atoms with van der Waals surface area (Å²) in [6, 6.07) is 0. The molecule has 0 aromatic rings. The normalized spacial score (nSPS) is 56.1. The van der Waals surface area contributed by atoms with E-state index in [9.17, 15) is 0 Å². The molecule has 0 heteroatoms. The summed E-state index contributed by atoms with van der Waals surface area (Å²) >= 11 is 0. The summed E-state index contributed by atoms with van der Waals surface area (Å²) in [5, 5.41) is 0. The van der Waals surface area contributed by atoms with E-state index in [-0.39, 0.29) is 0 Å². The van der Waals surface area contributed by atoms with Crippen molar-refractivity contribution in [3.8, 4) is 0 Å². The van der Waals surface area contributed by atoms with Crippen LogP contribution in [0.2, 0.25) is 0 Å². The third-order valence-corrected chi connectivity index (χ3v) is 5.97. The number of hydrogen-bond acceptors (Lipinski definition) is 0. The van der Waals surface area contributed by atoms with Crippen molar-refractivity contribution in [3.05, 3.63) is 5.92 Å². The first-order valence-electron chi connectivity index (χ1n) is 6.72. The minimum Gasteiger partial charge on any atom is -0.0501 e. The van der Waals surface area contributed by atoms with Gasteiger partial charge in [-0.3, -0.25) is 0 Å². The Bertz CT molecular complexity index is 247. The van der Waals surface area contributed by atoms with Crippen molar-refractivity contribution in [2.45, 2.75) is 57.8 Å². The van der Waals surface area contributed by atoms with E-state index < -0.39 is 0 Å². The molecule has 4 aliphatic carbocycles. The summed E-state index contributed by atoms with van der Waals surface area (Å²) < 4.78 is 0. The SMILES string of the molecule is C1CC2CC1C[C]2C12CCC(CC1)C2. The van der Waals surface area contributed by atoms with Crippen LogP contribution in [-0.4, -0.2) is 0 Å². The zero-order valence-corrected chi connectivity index (χ0v) is 9.10. The molecule has 0 amide bonds. The van der Waals surface area contributed by atoms with Crippen LogP contribution >= 0.6 is 0 Å². The molecule has 4 rings (SSSR count). The maximum Gasteiger partial charge on any atom is -0.0145 e. The first-order chi connectivity index (χ1) is 6.86. The Morgan fingerprint density at radius 1 is 0.929 bits per heavy atom. The van der Waals surface area contributed by atoms with Crippen LogP contribution < -0.4 is 0 Å². The average Bonchev–Trinajstić information content (AvgIpc) is 2.98. The molecular weight excluding hydrogens is 168 g/mol. The van der Waals surface area contributed by atoms with Crippen molar-refractivity contribution in [2.75, 3.05) is 0 Å². The molecule has 14 heavy (non-hydrogen) atoms. The van der Waals surface area contributed by atoms with Crippen molar-refractivity contribution in [1.29, 1.82) is 0 Å². The fourth-order valence-electron chi connectivity index (χ4n) is 5.35. The van der Waals surface area contributed by atoms with Crippen LogP contribution in [0.1, 0.15) is 57.8 Å². The molecule has 1 radical (unpaired) electrons. The van der Waals surface area contributed by atoms with Crippen molar-refractivity contribution in [1.82, 2.24) is 0 Å². The fraction of sp³-hybridized carbons (Fsp3) is 0.929. The van der Waals surface area contributed by atoms with Gasteiger partial charge in [-0.25, -0.2) is 0 Å². The van der Waals surface area contributed by atoms with Gasteiger partial charge in [-0.15, -0.1) is 0 Å². The van der Waals surface area contributed by atoms with Gasteiger partial charge in [0.05, 0.1) is 0 Å². The third kappa shape index (κ3) is 0.907. The van der Waals surface area contributed by atoms with Crippen molar-refractivity contribution >= 4 is 0 Å². The predicted octanol–water partition coefficient (Wildman–Crippen LogP) is 3.96. The second kappa shape index (κ2) is 2.57. The monoisotopic (exact) mass is 189 g/mol. The summed E-state index contributed by atoms with van der Waals surface area (Å²) in [6.07, 6.45) is 14.2. The van der Waals surface area contributed by atoms with Gasteiger partial charge in [0.15, 0.2) is 0 Å². The Hall–Kier alpha value is 0. The van der Waals surface area contributed by atoms with E-state index >= 15 is 0 Å². The second-order valence-corrected chi connectivity index (χ2v) is 6.53. The molecule has 0 aromatic carbocycles. The van der Waals surface area contributed by atoms with Crippen LogP contribution in [0.15, 0.2) is 0 Å². The molecule has 0 nitrogen and oxygen atoms in total. The van der Waals surface area contributed by atoms with Crippen LogP contribution in [0.25, 0.3) is 0 Å². The van der Waals surface area contributed by atoms with E-state index in [4.69, 9.17) is 0 Å². The van der Waals surface area contributed by atoms with Crippen molar-refractivity contribution in [2.24, 2.45) is 23.2 Å². The van der Waals surface area contributed by atoms with E-state index in [1.54, 1.807) is 57.8 Å². The molecule has 0 aliphatic heterocycles. The summed E-state index contributed by atoms with van der Waals surface area (Å²) in [7, 11) is 0. The van der Waals surface area contributed by atoms with Crippen LogP contribution in [0.3, 0.4) is 0 Å². The molecule has 0 spiro atoms. The number of hydrogen-bond donors (Lipinski definition) is 0. The molecule has 0 saturated heterocycles. The quantitative estimate of drug-likeness (QED) is 0.585. The zero-order valence-electron chi connectivity index (χ0n) is 9.10. The average molecular weight is 189 g/mol. The van der Waals surface area contributed by atoms with E-state index in [2.05, 4.69) is 5.92 Å². The minimum atomic E-state index is 0.810. The molecule has 4 saturated carbocycles. The standard InChI is InChI=1S/C14H21/c1-2-12-7-11(1)8-13(12)14-5-3-10(9-14)4-6-14/h10-12H,1-9H2. The van der Waals surface area contributed by atoms with Gasteiger partial charge in [-0.05, 0) is 80.5 Å². The highest BCUT2D eigenvalue weighted by Gasteiger charge is 2.55. The second-order valence-electron chi connectivity index (χ2n) is 6.53. The molecule has 4 bridgehead atoms. The largest absolute Gasteiger partial charge is 0.0501 e. The van der Waals surface area contributed by atoms with Crippen LogP contribution in [0, 0.1) is 29.1 Å². The van der Waals surface area contributed by atoms with Crippen LogP contribution in [-0.2, 0) is 0 Å². The predicted molar refractivity (Wildman–Crippen MR) is 57.7 cm³/mol. The van der Waals surface area contributed by atoms with E-state index in [0.29, 0.717) is 0 Å². The Morgan fingerprint density at radius 2 is 1.79 bits per heavy atom. The van der Waals surface area contributed by atoms with Gasteiger partial charge >= 0.3 is 0 Å². The van der Waals surface area contributed by atoms with Gasteiger partial charge in [0.1, 0.15) is 0 Å². The Kier molecular flexibility index (Phi) is 1.50. The van der Waals surface area contributed by atoms with E-state index in [1.165, 1.54) is 0 Å². The molecular formula is C14H21. The molecule has 0 N–H and O–H groups in total. The zero-order chi connectivity index (χ0) is 9.17. The first-order valence-corrected chi connectivity index (χ1v) is 6.72. The van der Waals surface area contributed by atoms with Crippen molar-refractivity contribution in [3.63, 3.8) is 0 Å².